The third-order valence-corrected chi connectivity index (χ3v) is 17.9. The minimum Gasteiger partial charge on any atom is -0.344 e. The summed E-state index contributed by atoms with van der Waals surface area (Å²) in [4.78, 5) is 93.8. The number of ketones is 1. The molecule has 0 radical (unpaired) electrons. The average molecular weight is 1070 g/mol. The van der Waals surface area contributed by atoms with Gasteiger partial charge in [0.1, 0.15) is 11.8 Å². The summed E-state index contributed by atoms with van der Waals surface area (Å²) >= 11 is 0. The maximum Gasteiger partial charge on any atom is 0.253 e. The number of likely N-dealkylation sites (tertiary alicyclic amines) is 2. The van der Waals surface area contributed by atoms with Crippen LogP contribution in [-0.2, 0) is 32.0 Å². The zero-order valence-corrected chi connectivity index (χ0v) is 47.0. The van der Waals surface area contributed by atoms with Gasteiger partial charge < -0.3 is 41.7 Å². The second-order valence-electron chi connectivity index (χ2n) is 23.4. The van der Waals surface area contributed by atoms with E-state index in [9.17, 15) is 28.8 Å². The van der Waals surface area contributed by atoms with Gasteiger partial charge in [0.05, 0.1) is 18.1 Å². The van der Waals surface area contributed by atoms with Gasteiger partial charge >= 0.3 is 0 Å². The summed E-state index contributed by atoms with van der Waals surface area (Å²) in [6.07, 6.45) is 13.2. The van der Waals surface area contributed by atoms with Crippen molar-refractivity contribution in [1.82, 2.24) is 30.2 Å². The highest BCUT2D eigenvalue weighted by atomic mass is 16.2. The fraction of sp³-hybridized carbons (Fsp3) is 0.562. The van der Waals surface area contributed by atoms with E-state index in [0.717, 1.165) is 86.1 Å². The van der Waals surface area contributed by atoms with Crippen LogP contribution in [0.1, 0.15) is 143 Å². The number of nitrogens with two attached hydrogens (primary N) is 2. The summed E-state index contributed by atoms with van der Waals surface area (Å²) < 4.78 is 0. The number of hydrogen-bond donors (Lipinski definition) is 4. The van der Waals surface area contributed by atoms with Crippen LogP contribution in [0.25, 0.3) is 10.8 Å². The Morgan fingerprint density at radius 3 is 1.54 bits per heavy atom. The smallest absolute Gasteiger partial charge is 0.253 e. The fourth-order valence-electron chi connectivity index (χ4n) is 12.8. The predicted molar refractivity (Wildman–Crippen MR) is 308 cm³/mol. The van der Waals surface area contributed by atoms with Gasteiger partial charge in [-0.3, -0.25) is 28.8 Å². The number of nitrogens with zero attached hydrogens (tertiary/aromatic N) is 4. The SMILES string of the molecule is CC[C@@H](C)C(=O)N[C@H](C(=O)N1C[C@@H](N)C[C@H]1CN(CCc1ccccc1)C(=O)c1ccc2cc(C(=O)N(CCc3ccccc3)C[C@@H]3C[C@H](N)CN3C(=O)[C@@H](CC(=O)[C@H](C)NC)C3CCCCC3)ccc2c1)C1CCCCC1. The Morgan fingerprint density at radius 2 is 1.08 bits per heavy atom. The first-order valence-corrected chi connectivity index (χ1v) is 29.5. The molecule has 8 rings (SSSR count). The Labute approximate surface area is 463 Å². The highest BCUT2D eigenvalue weighted by Gasteiger charge is 2.44. The normalized spacial score (nSPS) is 21.7. The molecule has 2 saturated heterocycles. The molecule has 2 saturated carbocycles. The molecule has 14 heteroatoms. The van der Waals surface area contributed by atoms with Crippen molar-refractivity contribution < 1.29 is 28.8 Å². The first kappa shape index (κ1) is 58.2. The lowest BCUT2D eigenvalue weighted by Gasteiger charge is -2.37. The monoisotopic (exact) mass is 1060 g/mol. The van der Waals surface area contributed by atoms with Gasteiger partial charge in [0.2, 0.25) is 17.7 Å². The van der Waals surface area contributed by atoms with E-state index in [-0.39, 0.29) is 96.2 Å². The van der Waals surface area contributed by atoms with Gasteiger partial charge in [-0.25, -0.2) is 0 Å². The van der Waals surface area contributed by atoms with Crippen molar-refractivity contribution in [1.29, 1.82) is 0 Å². The molecule has 6 N–H and O–H groups in total. The van der Waals surface area contributed by atoms with Crippen LogP contribution in [0.5, 0.6) is 0 Å². The van der Waals surface area contributed by atoms with E-state index in [1.165, 1.54) is 0 Å². The summed E-state index contributed by atoms with van der Waals surface area (Å²) in [6, 6.07) is 29.2. The van der Waals surface area contributed by atoms with Crippen LogP contribution in [0.15, 0.2) is 97.1 Å². The largest absolute Gasteiger partial charge is 0.344 e. The lowest BCUT2D eigenvalue weighted by molar-refractivity contribution is -0.142. The van der Waals surface area contributed by atoms with Crippen molar-refractivity contribution in [2.24, 2.45) is 35.1 Å². The molecule has 4 aliphatic rings. The summed E-state index contributed by atoms with van der Waals surface area (Å²) in [5.41, 5.74) is 16.5. The minimum atomic E-state index is -0.639. The summed E-state index contributed by atoms with van der Waals surface area (Å²) in [6.45, 7) is 7.90. The molecule has 2 aliphatic carbocycles. The van der Waals surface area contributed by atoms with Crippen LogP contribution in [0.2, 0.25) is 0 Å². The van der Waals surface area contributed by atoms with Gasteiger partial charge in [-0.15, -0.1) is 0 Å². The zero-order chi connectivity index (χ0) is 55.3. The molecule has 5 amide bonds. The van der Waals surface area contributed by atoms with E-state index in [0.29, 0.717) is 76.0 Å². The Kier molecular flexibility index (Phi) is 20.7. The molecular formula is C64H88N8O6. The molecule has 4 fully saturated rings. The third-order valence-electron chi connectivity index (χ3n) is 17.9. The first-order valence-electron chi connectivity index (χ1n) is 29.5. The molecule has 14 nitrogen and oxygen atoms in total. The lowest BCUT2D eigenvalue weighted by atomic mass is 9.76. The summed E-state index contributed by atoms with van der Waals surface area (Å²) in [5.74, 6) is -0.988. The molecule has 0 bridgehead atoms. The number of rotatable bonds is 23. The molecule has 0 aromatic heterocycles. The number of carbonyl (C=O) groups excluding carboxylic acids is 6. The highest BCUT2D eigenvalue weighted by Crippen LogP contribution is 2.36. The quantitative estimate of drug-likeness (QED) is 0.0571. The molecule has 4 aromatic rings. The molecule has 420 valence electrons. The molecule has 4 aromatic carbocycles. The molecule has 0 unspecified atom stereocenters. The van der Waals surface area contributed by atoms with Gasteiger partial charge in [0.25, 0.3) is 11.8 Å². The number of carbonyl (C=O) groups is 6. The van der Waals surface area contributed by atoms with Crippen LogP contribution >= 0.6 is 0 Å². The van der Waals surface area contributed by atoms with Gasteiger partial charge in [0, 0.05) is 80.7 Å². The molecule has 2 aliphatic heterocycles. The van der Waals surface area contributed by atoms with Crippen molar-refractivity contribution >= 4 is 46.1 Å². The number of likely N-dealkylation sites (N-methyl/N-ethyl adjacent to an activating group) is 1. The second-order valence-corrected chi connectivity index (χ2v) is 23.4. The van der Waals surface area contributed by atoms with E-state index < -0.39 is 12.0 Å². The van der Waals surface area contributed by atoms with Crippen molar-refractivity contribution in [3.8, 4) is 0 Å². The standard InChI is InChI=1S/C64H88N8O6/c1-5-43(2)60(74)68-59(48-24-16-9-17-25-48)64(78)72-40-54(66)37-56(72)42-70(33-31-46-20-12-7-13-21-46)62(76)52-29-27-49-34-51(28-26-50(49)35-52)61(75)69(32-30-45-18-10-6-11-19-45)41-55-36-53(65)39-71(55)63(77)57(38-58(73)44(3)67-4)47-22-14-8-15-23-47/h6-7,10-13,18-21,26-29,34-35,43-44,47-48,53-57,59,67H,5,8-9,14-17,22-25,30-33,36-42,65-66H2,1-4H3,(H,68,74)/t43-,44+,53+,54+,55+,56+,57+,59+/m1/s1. The van der Waals surface area contributed by atoms with Crippen molar-refractivity contribution in [2.75, 3.05) is 46.3 Å². The lowest BCUT2D eigenvalue weighted by Crippen LogP contribution is -2.56. The van der Waals surface area contributed by atoms with E-state index >= 15 is 0 Å². The van der Waals surface area contributed by atoms with Crippen molar-refractivity contribution in [3.05, 3.63) is 119 Å². The highest BCUT2D eigenvalue weighted by molar-refractivity contribution is 6.02. The topological polar surface area (TPSA) is 191 Å². The molecule has 78 heavy (non-hydrogen) atoms. The third kappa shape index (κ3) is 14.8. The zero-order valence-electron chi connectivity index (χ0n) is 47.0. The van der Waals surface area contributed by atoms with E-state index in [1.54, 1.807) is 7.05 Å². The molecule has 2 heterocycles. The number of nitrogens with one attached hydrogen (secondary N) is 2. The maximum atomic E-state index is 15.0. The first-order chi connectivity index (χ1) is 37.7. The Balaban J connectivity index is 1.03. The van der Waals surface area contributed by atoms with E-state index in [2.05, 4.69) is 34.9 Å². The van der Waals surface area contributed by atoms with Crippen LogP contribution in [0.3, 0.4) is 0 Å². The van der Waals surface area contributed by atoms with Gasteiger partial charge in [-0.2, -0.15) is 0 Å². The van der Waals surface area contributed by atoms with Crippen LogP contribution in [0, 0.1) is 23.7 Å². The van der Waals surface area contributed by atoms with E-state index in [4.69, 9.17) is 11.5 Å². The summed E-state index contributed by atoms with van der Waals surface area (Å²) in [5, 5.41) is 7.86. The Hall–Kier alpha value is -5.96. The number of fused-ring (bicyclic) bond motifs is 1. The van der Waals surface area contributed by atoms with E-state index in [1.807, 2.05) is 113 Å². The minimum absolute atomic E-state index is 0.0231. The number of amides is 5. The van der Waals surface area contributed by atoms with Gasteiger partial charge in [-0.1, -0.05) is 125 Å². The van der Waals surface area contributed by atoms with Gasteiger partial charge in [0.15, 0.2) is 0 Å². The van der Waals surface area contributed by atoms with Crippen LogP contribution in [-0.4, -0.2) is 137 Å². The van der Waals surface area contributed by atoms with Crippen LogP contribution < -0.4 is 22.1 Å². The molecule has 8 atom stereocenters. The second kappa shape index (κ2) is 27.8. The fourth-order valence-corrected chi connectivity index (χ4v) is 12.8. The van der Waals surface area contributed by atoms with Crippen LogP contribution in [0.4, 0.5) is 0 Å². The maximum absolute atomic E-state index is 15.0. The summed E-state index contributed by atoms with van der Waals surface area (Å²) in [7, 11) is 1.77. The average Bonchev–Trinajstić information content (AvgIpc) is 4.05. The van der Waals surface area contributed by atoms with Gasteiger partial charge in [-0.05, 0) is 130 Å². The number of benzene rings is 4. The molecular weight excluding hydrogens is 977 g/mol. The van der Waals surface area contributed by atoms with Crippen molar-refractivity contribution in [3.63, 3.8) is 0 Å². The number of Topliss-reactive ketones (excluding diaryl/α,β-unsaturated/α-hetero) is 1. The Bertz CT molecular complexity index is 2480. The number of hydrogen-bond acceptors (Lipinski definition) is 9. The Morgan fingerprint density at radius 1 is 0.615 bits per heavy atom. The molecule has 0 spiro atoms. The van der Waals surface area contributed by atoms with Crippen molar-refractivity contribution in [2.45, 2.75) is 160 Å². The predicted octanol–water partition coefficient (Wildman–Crippen LogP) is 7.94.